The average molecular weight is 177 g/mol. The molecule has 0 saturated carbocycles. The third-order valence-electron chi connectivity index (χ3n) is 1.02. The van der Waals surface area contributed by atoms with Crippen molar-refractivity contribution in [3.05, 3.63) is 0 Å². The molecule has 0 unspecified atom stereocenters. The van der Waals surface area contributed by atoms with Gasteiger partial charge in [-0.05, 0) is 6.92 Å². The third kappa shape index (κ3) is 11.8. The number of ether oxygens (including phenoxy) is 2. The number of hydrogen-bond acceptors (Lipinski definition) is 4. The van der Waals surface area contributed by atoms with Crippen LogP contribution in [-0.2, 0) is 19.1 Å². The summed E-state index contributed by atoms with van der Waals surface area (Å²) >= 11 is 0. The monoisotopic (exact) mass is 177 g/mol. The molecular formula is C7H15NO4. The molecule has 0 fully saturated rings. The molecule has 0 bridgehead atoms. The molecule has 5 nitrogen and oxygen atoms in total. The van der Waals surface area contributed by atoms with Gasteiger partial charge in [-0.25, -0.2) is 0 Å². The van der Waals surface area contributed by atoms with E-state index < -0.39 is 5.91 Å². The standard InChI is InChI=1S/C4H10O2.C3H5NO2/c1-4(5-2)6-3;1-4-3(6)2-5/h4H,1-3H3;2H,1H3,(H,4,6). The maximum Gasteiger partial charge on any atom is 0.283 e. The summed E-state index contributed by atoms with van der Waals surface area (Å²) in [5, 5.41) is 2.11. The quantitative estimate of drug-likeness (QED) is 0.360. The topological polar surface area (TPSA) is 64.6 Å². The Morgan fingerprint density at radius 2 is 1.83 bits per heavy atom. The fourth-order valence-electron chi connectivity index (χ4n) is 0.155. The predicted molar refractivity (Wildman–Crippen MR) is 43.6 cm³/mol. The van der Waals surface area contributed by atoms with Crippen LogP contribution in [0.25, 0.3) is 0 Å². The van der Waals surface area contributed by atoms with Crippen LogP contribution in [0.4, 0.5) is 0 Å². The summed E-state index contributed by atoms with van der Waals surface area (Å²) in [4.78, 5) is 19.0. The number of hydrogen-bond donors (Lipinski definition) is 1. The molecule has 1 amide bonds. The van der Waals surface area contributed by atoms with E-state index in [1.807, 2.05) is 6.92 Å². The Hall–Kier alpha value is -0.940. The van der Waals surface area contributed by atoms with E-state index in [0.717, 1.165) is 0 Å². The Labute approximate surface area is 72.0 Å². The van der Waals surface area contributed by atoms with Crippen LogP contribution in [-0.4, -0.2) is 39.8 Å². The molecule has 0 aliphatic heterocycles. The van der Waals surface area contributed by atoms with Gasteiger partial charge in [0.25, 0.3) is 5.91 Å². The number of carbonyl (C=O) groups excluding carboxylic acids is 2. The highest BCUT2D eigenvalue weighted by atomic mass is 16.7. The van der Waals surface area contributed by atoms with Gasteiger partial charge in [0, 0.05) is 21.3 Å². The van der Waals surface area contributed by atoms with Gasteiger partial charge in [-0.15, -0.1) is 0 Å². The second-order valence-corrected chi connectivity index (χ2v) is 1.77. The Balaban J connectivity index is 0. The maximum absolute atomic E-state index is 9.70. The molecule has 0 aliphatic rings. The van der Waals surface area contributed by atoms with Gasteiger partial charge >= 0.3 is 0 Å². The highest BCUT2D eigenvalue weighted by molar-refractivity contribution is 6.23. The van der Waals surface area contributed by atoms with E-state index in [0.29, 0.717) is 0 Å². The van der Waals surface area contributed by atoms with E-state index in [1.165, 1.54) is 7.05 Å². The Morgan fingerprint density at radius 3 is 1.83 bits per heavy atom. The summed E-state index contributed by atoms with van der Waals surface area (Å²) in [5.41, 5.74) is 0. The largest absolute Gasteiger partial charge is 0.356 e. The average Bonchev–Trinajstić information content (AvgIpc) is 2.16. The highest BCUT2D eigenvalue weighted by Crippen LogP contribution is 1.82. The minimum atomic E-state index is -0.588. The van der Waals surface area contributed by atoms with Gasteiger partial charge in [-0.1, -0.05) is 0 Å². The minimum Gasteiger partial charge on any atom is -0.356 e. The van der Waals surface area contributed by atoms with Gasteiger partial charge in [-0.3, -0.25) is 9.59 Å². The molecule has 0 aromatic heterocycles. The number of rotatable bonds is 3. The van der Waals surface area contributed by atoms with Crippen LogP contribution in [0, 0.1) is 0 Å². The second-order valence-electron chi connectivity index (χ2n) is 1.77. The molecule has 1 N–H and O–H groups in total. The number of nitrogens with one attached hydrogen (secondary N) is 1. The SMILES string of the molecule is CNC(=O)C=O.COC(C)OC. The highest BCUT2D eigenvalue weighted by Gasteiger charge is 1.88. The van der Waals surface area contributed by atoms with Crippen molar-refractivity contribution < 1.29 is 19.1 Å². The Morgan fingerprint density at radius 1 is 1.42 bits per heavy atom. The van der Waals surface area contributed by atoms with E-state index in [1.54, 1.807) is 14.2 Å². The van der Waals surface area contributed by atoms with Crippen LogP contribution in [0.5, 0.6) is 0 Å². The first-order chi connectivity index (χ1) is 5.62. The van der Waals surface area contributed by atoms with Crippen molar-refractivity contribution in [2.45, 2.75) is 13.2 Å². The lowest BCUT2D eigenvalue weighted by Gasteiger charge is -2.03. The molecule has 5 heteroatoms. The Bertz CT molecular complexity index is 123. The maximum atomic E-state index is 9.70. The molecule has 0 heterocycles. The van der Waals surface area contributed by atoms with Crippen LogP contribution < -0.4 is 5.32 Å². The smallest absolute Gasteiger partial charge is 0.283 e. The fraction of sp³-hybridized carbons (Fsp3) is 0.714. The molecule has 0 aromatic rings. The molecule has 0 atom stereocenters. The lowest BCUT2D eigenvalue weighted by molar-refractivity contribution is -0.130. The van der Waals surface area contributed by atoms with Crippen molar-refractivity contribution in [3.63, 3.8) is 0 Å². The normalized spacial score (nSPS) is 8.42. The van der Waals surface area contributed by atoms with Crippen LogP contribution in [0.2, 0.25) is 0 Å². The number of carbonyl (C=O) groups is 2. The predicted octanol–water partition coefficient (Wildman–Crippen LogP) is -0.444. The van der Waals surface area contributed by atoms with Crippen molar-refractivity contribution in [3.8, 4) is 0 Å². The van der Waals surface area contributed by atoms with Gasteiger partial charge in [0.15, 0.2) is 6.29 Å². The zero-order valence-electron chi connectivity index (χ0n) is 7.79. The van der Waals surface area contributed by atoms with E-state index in [2.05, 4.69) is 14.8 Å². The van der Waals surface area contributed by atoms with Gasteiger partial charge in [0.1, 0.15) is 0 Å². The van der Waals surface area contributed by atoms with E-state index in [-0.39, 0.29) is 12.6 Å². The molecule has 0 aliphatic carbocycles. The molecule has 72 valence electrons. The number of amides is 1. The molecule has 0 rings (SSSR count). The molecule has 0 aromatic carbocycles. The second kappa shape index (κ2) is 10.1. The van der Waals surface area contributed by atoms with Gasteiger partial charge in [0.05, 0.1) is 0 Å². The summed E-state index contributed by atoms with van der Waals surface area (Å²) in [5.74, 6) is -0.588. The summed E-state index contributed by atoms with van der Waals surface area (Å²) < 4.78 is 9.35. The van der Waals surface area contributed by atoms with Crippen LogP contribution >= 0.6 is 0 Å². The van der Waals surface area contributed by atoms with Crippen molar-refractivity contribution in [1.82, 2.24) is 5.32 Å². The molecule has 12 heavy (non-hydrogen) atoms. The number of likely N-dealkylation sites (N-methyl/N-ethyl adjacent to an activating group) is 1. The van der Waals surface area contributed by atoms with Crippen LogP contribution in [0.3, 0.4) is 0 Å². The van der Waals surface area contributed by atoms with Crippen LogP contribution in [0.15, 0.2) is 0 Å². The molecule has 0 spiro atoms. The zero-order valence-corrected chi connectivity index (χ0v) is 7.79. The van der Waals surface area contributed by atoms with Crippen molar-refractivity contribution >= 4 is 12.2 Å². The first-order valence-electron chi connectivity index (χ1n) is 3.34. The van der Waals surface area contributed by atoms with Crippen molar-refractivity contribution in [2.24, 2.45) is 0 Å². The first kappa shape index (κ1) is 13.6. The van der Waals surface area contributed by atoms with Crippen molar-refractivity contribution in [1.29, 1.82) is 0 Å². The summed E-state index contributed by atoms with van der Waals surface area (Å²) in [6.07, 6.45) is 0.157. The van der Waals surface area contributed by atoms with Crippen molar-refractivity contribution in [2.75, 3.05) is 21.3 Å². The van der Waals surface area contributed by atoms with Gasteiger partial charge < -0.3 is 14.8 Å². The lowest BCUT2D eigenvalue weighted by atomic mass is 10.7. The molecule has 0 saturated heterocycles. The number of aldehydes is 1. The first-order valence-corrected chi connectivity index (χ1v) is 3.34. The van der Waals surface area contributed by atoms with E-state index in [4.69, 9.17) is 0 Å². The minimum absolute atomic E-state index is 0.0648. The fourth-order valence-corrected chi connectivity index (χ4v) is 0.155. The lowest BCUT2D eigenvalue weighted by Crippen LogP contribution is -2.17. The summed E-state index contributed by atoms with van der Waals surface area (Å²) in [6.45, 7) is 1.83. The number of methoxy groups -OCH3 is 2. The summed E-state index contributed by atoms with van der Waals surface area (Å²) in [6, 6.07) is 0. The summed E-state index contributed by atoms with van der Waals surface area (Å²) in [7, 11) is 4.61. The third-order valence-corrected chi connectivity index (χ3v) is 1.02. The molecule has 0 radical (unpaired) electrons. The Kier molecular flexibility index (Phi) is 11.4. The van der Waals surface area contributed by atoms with Gasteiger partial charge in [0.2, 0.25) is 6.29 Å². The van der Waals surface area contributed by atoms with E-state index >= 15 is 0 Å². The van der Waals surface area contributed by atoms with Crippen LogP contribution in [0.1, 0.15) is 6.92 Å². The van der Waals surface area contributed by atoms with E-state index in [9.17, 15) is 9.59 Å². The zero-order chi connectivity index (χ0) is 9.98. The van der Waals surface area contributed by atoms with Gasteiger partial charge in [-0.2, -0.15) is 0 Å². The molecular weight excluding hydrogens is 162 g/mol.